The molecular weight excluding hydrogens is 372 g/mol. The number of amides is 2. The molecule has 1 heterocycles. The summed E-state index contributed by atoms with van der Waals surface area (Å²) >= 11 is 0. The van der Waals surface area contributed by atoms with Crippen molar-refractivity contribution in [2.75, 3.05) is 6.61 Å². The Balaban J connectivity index is 1.45. The number of hydrogen-bond acceptors (Lipinski definition) is 6. The number of aromatic nitrogens is 2. The summed E-state index contributed by atoms with van der Waals surface area (Å²) in [6.45, 7) is 4.59. The Morgan fingerprint density at radius 2 is 1.93 bits per heavy atom. The van der Waals surface area contributed by atoms with Gasteiger partial charge in [-0.05, 0) is 44.7 Å². The van der Waals surface area contributed by atoms with Crippen molar-refractivity contribution in [3.8, 4) is 5.75 Å². The number of para-hydroxylation sites is 1. The molecule has 8 nitrogen and oxygen atoms in total. The molecule has 29 heavy (non-hydrogen) atoms. The number of rotatable bonds is 8. The van der Waals surface area contributed by atoms with Crippen molar-refractivity contribution in [2.45, 2.75) is 58.5 Å². The van der Waals surface area contributed by atoms with Crippen LogP contribution in [0.4, 0.5) is 0 Å². The van der Waals surface area contributed by atoms with Crippen LogP contribution in [0.3, 0.4) is 0 Å². The van der Waals surface area contributed by atoms with Gasteiger partial charge in [0.2, 0.25) is 11.8 Å². The zero-order valence-corrected chi connectivity index (χ0v) is 16.9. The van der Waals surface area contributed by atoms with Gasteiger partial charge < -0.3 is 19.9 Å². The fourth-order valence-corrected chi connectivity index (χ4v) is 3.51. The van der Waals surface area contributed by atoms with Gasteiger partial charge in [-0.2, -0.15) is 4.98 Å². The van der Waals surface area contributed by atoms with E-state index in [1.54, 1.807) is 12.1 Å². The Kier molecular flexibility index (Phi) is 7.21. The van der Waals surface area contributed by atoms with E-state index in [1.165, 1.54) is 0 Å². The van der Waals surface area contributed by atoms with Crippen LogP contribution in [0.5, 0.6) is 5.75 Å². The molecule has 1 aromatic carbocycles. The van der Waals surface area contributed by atoms with Crippen LogP contribution in [0.1, 0.15) is 61.6 Å². The number of ether oxygens (including phenoxy) is 1. The van der Waals surface area contributed by atoms with E-state index in [1.807, 2.05) is 26.0 Å². The third-order valence-corrected chi connectivity index (χ3v) is 5.10. The SMILES string of the molecule is CCOc1ccccc1C(=O)NC1CCC(C(=O)NCc2nc(CC)no2)CC1. The van der Waals surface area contributed by atoms with Crippen molar-refractivity contribution in [1.82, 2.24) is 20.8 Å². The molecule has 0 saturated heterocycles. The van der Waals surface area contributed by atoms with Crippen LogP contribution >= 0.6 is 0 Å². The quantitative estimate of drug-likeness (QED) is 0.706. The van der Waals surface area contributed by atoms with E-state index in [-0.39, 0.29) is 30.3 Å². The Bertz CT molecular complexity index is 828. The zero-order valence-electron chi connectivity index (χ0n) is 16.9. The number of hydrogen-bond donors (Lipinski definition) is 2. The summed E-state index contributed by atoms with van der Waals surface area (Å²) in [5.41, 5.74) is 0.542. The van der Waals surface area contributed by atoms with Crippen molar-refractivity contribution in [3.05, 3.63) is 41.5 Å². The average molecular weight is 400 g/mol. The van der Waals surface area contributed by atoms with Gasteiger partial charge in [0, 0.05) is 18.4 Å². The Morgan fingerprint density at radius 1 is 1.17 bits per heavy atom. The Hall–Kier alpha value is -2.90. The third-order valence-electron chi connectivity index (χ3n) is 5.10. The fourth-order valence-electron chi connectivity index (χ4n) is 3.51. The van der Waals surface area contributed by atoms with Gasteiger partial charge in [-0.15, -0.1) is 0 Å². The van der Waals surface area contributed by atoms with Crippen LogP contribution < -0.4 is 15.4 Å². The largest absolute Gasteiger partial charge is 0.493 e. The van der Waals surface area contributed by atoms with Crippen LogP contribution in [0.25, 0.3) is 0 Å². The molecule has 1 fully saturated rings. The molecule has 0 atom stereocenters. The molecule has 1 aromatic heterocycles. The molecular formula is C21H28N4O4. The molecule has 0 bridgehead atoms. The third kappa shape index (κ3) is 5.56. The highest BCUT2D eigenvalue weighted by Crippen LogP contribution is 2.25. The summed E-state index contributed by atoms with van der Waals surface area (Å²) in [7, 11) is 0. The predicted octanol–water partition coefficient (Wildman–Crippen LogP) is 2.64. The molecule has 1 saturated carbocycles. The summed E-state index contributed by atoms with van der Waals surface area (Å²) in [6.07, 6.45) is 3.69. The van der Waals surface area contributed by atoms with Crippen molar-refractivity contribution < 1.29 is 18.8 Å². The van der Waals surface area contributed by atoms with E-state index in [9.17, 15) is 9.59 Å². The highest BCUT2D eigenvalue weighted by molar-refractivity contribution is 5.97. The lowest BCUT2D eigenvalue weighted by atomic mass is 9.85. The van der Waals surface area contributed by atoms with Gasteiger partial charge in [-0.3, -0.25) is 9.59 Å². The number of carbonyl (C=O) groups excluding carboxylic acids is 2. The second kappa shape index (κ2) is 10.0. The number of nitrogens with one attached hydrogen (secondary N) is 2. The lowest BCUT2D eigenvalue weighted by Crippen LogP contribution is -2.40. The molecule has 2 aromatic rings. The van der Waals surface area contributed by atoms with Gasteiger partial charge in [0.05, 0.1) is 18.7 Å². The minimum absolute atomic E-state index is 0.00674. The van der Waals surface area contributed by atoms with Gasteiger partial charge in [0.25, 0.3) is 5.91 Å². The van der Waals surface area contributed by atoms with Crippen LogP contribution in [-0.4, -0.2) is 34.6 Å². The van der Waals surface area contributed by atoms with Gasteiger partial charge in [0.15, 0.2) is 5.82 Å². The average Bonchev–Trinajstić information content (AvgIpc) is 3.21. The molecule has 1 aliphatic rings. The maximum atomic E-state index is 12.6. The Morgan fingerprint density at radius 3 is 2.62 bits per heavy atom. The minimum atomic E-state index is -0.134. The summed E-state index contributed by atoms with van der Waals surface area (Å²) < 4.78 is 10.6. The summed E-state index contributed by atoms with van der Waals surface area (Å²) in [6, 6.07) is 7.30. The number of nitrogens with zero attached hydrogens (tertiary/aromatic N) is 2. The number of aryl methyl sites for hydroxylation is 1. The van der Waals surface area contributed by atoms with E-state index < -0.39 is 0 Å². The molecule has 0 aliphatic heterocycles. The van der Waals surface area contributed by atoms with Crippen molar-refractivity contribution >= 4 is 11.8 Å². The second-order valence-electron chi connectivity index (χ2n) is 7.13. The molecule has 2 amide bonds. The number of benzene rings is 1. The topological polar surface area (TPSA) is 106 Å². The zero-order chi connectivity index (χ0) is 20.6. The highest BCUT2D eigenvalue weighted by atomic mass is 16.5. The predicted molar refractivity (Wildman–Crippen MR) is 106 cm³/mol. The van der Waals surface area contributed by atoms with E-state index >= 15 is 0 Å². The first kappa shape index (κ1) is 20.8. The van der Waals surface area contributed by atoms with Crippen molar-refractivity contribution in [2.24, 2.45) is 5.92 Å². The first-order chi connectivity index (χ1) is 14.1. The molecule has 1 aliphatic carbocycles. The van der Waals surface area contributed by atoms with Gasteiger partial charge in [-0.25, -0.2) is 0 Å². The van der Waals surface area contributed by atoms with E-state index in [4.69, 9.17) is 9.26 Å². The minimum Gasteiger partial charge on any atom is -0.493 e. The lowest BCUT2D eigenvalue weighted by Gasteiger charge is -2.28. The van der Waals surface area contributed by atoms with E-state index in [0.29, 0.717) is 36.1 Å². The first-order valence-corrected chi connectivity index (χ1v) is 10.2. The van der Waals surface area contributed by atoms with Crippen molar-refractivity contribution in [3.63, 3.8) is 0 Å². The van der Waals surface area contributed by atoms with Crippen LogP contribution in [-0.2, 0) is 17.8 Å². The first-order valence-electron chi connectivity index (χ1n) is 10.2. The molecule has 156 valence electrons. The molecule has 0 radical (unpaired) electrons. The maximum Gasteiger partial charge on any atom is 0.255 e. The smallest absolute Gasteiger partial charge is 0.255 e. The highest BCUT2D eigenvalue weighted by Gasteiger charge is 2.28. The molecule has 0 spiro atoms. The molecule has 2 N–H and O–H groups in total. The molecule has 8 heteroatoms. The normalized spacial score (nSPS) is 18.8. The van der Waals surface area contributed by atoms with Gasteiger partial charge in [-0.1, -0.05) is 24.2 Å². The van der Waals surface area contributed by atoms with Crippen molar-refractivity contribution in [1.29, 1.82) is 0 Å². The molecule has 3 rings (SSSR count). The fraction of sp³-hybridized carbons (Fsp3) is 0.524. The summed E-state index contributed by atoms with van der Waals surface area (Å²) in [4.78, 5) is 29.2. The second-order valence-corrected chi connectivity index (χ2v) is 7.13. The maximum absolute atomic E-state index is 12.6. The Labute approximate surface area is 170 Å². The standard InChI is InChI=1S/C21H28N4O4/c1-3-18-24-19(29-25-18)13-22-20(26)14-9-11-15(12-10-14)23-21(27)16-7-5-6-8-17(16)28-4-2/h5-8,14-15H,3-4,9-13H2,1-2H3,(H,22,26)(H,23,27). The van der Waals surface area contributed by atoms with E-state index in [0.717, 1.165) is 25.7 Å². The summed E-state index contributed by atoms with van der Waals surface area (Å²) in [5.74, 6) is 1.44. The summed E-state index contributed by atoms with van der Waals surface area (Å²) in [5, 5.41) is 9.77. The van der Waals surface area contributed by atoms with Crippen LogP contribution in [0, 0.1) is 5.92 Å². The monoisotopic (exact) mass is 400 g/mol. The van der Waals surface area contributed by atoms with Gasteiger partial charge in [0.1, 0.15) is 5.75 Å². The van der Waals surface area contributed by atoms with Gasteiger partial charge >= 0.3 is 0 Å². The number of carbonyl (C=O) groups is 2. The van der Waals surface area contributed by atoms with Crippen LogP contribution in [0.2, 0.25) is 0 Å². The lowest BCUT2D eigenvalue weighted by molar-refractivity contribution is -0.126. The van der Waals surface area contributed by atoms with E-state index in [2.05, 4.69) is 20.8 Å². The van der Waals surface area contributed by atoms with Crippen LogP contribution in [0.15, 0.2) is 28.8 Å². The molecule has 0 unspecified atom stereocenters.